The van der Waals surface area contributed by atoms with Crippen LogP contribution >= 0.6 is 0 Å². The van der Waals surface area contributed by atoms with Gasteiger partial charge in [-0.3, -0.25) is 0 Å². The molecule has 0 bridgehead atoms. The normalized spacial score (nSPS) is 15.4. The molecule has 0 aliphatic heterocycles. The number of hydrogen-bond donors (Lipinski definition) is 2. The monoisotopic (exact) mass is 261 g/mol. The third-order valence-corrected chi connectivity index (χ3v) is 2.98. The second-order valence-corrected chi connectivity index (χ2v) is 4.87. The smallest absolute Gasteiger partial charge is 0.191 e. The molecular formula is C15H23N3O. The quantitative estimate of drug-likeness (QED) is 0.608. The molecule has 1 saturated carbocycles. The summed E-state index contributed by atoms with van der Waals surface area (Å²) in [5.41, 5.74) is 2.40. The lowest BCUT2D eigenvalue weighted by Gasteiger charge is -2.10. The molecule has 1 aromatic carbocycles. The minimum atomic E-state index is 0.623. The summed E-state index contributed by atoms with van der Waals surface area (Å²) >= 11 is 0. The Morgan fingerprint density at radius 1 is 1.37 bits per heavy atom. The van der Waals surface area contributed by atoms with Crippen LogP contribution in [0.4, 0.5) is 0 Å². The van der Waals surface area contributed by atoms with Gasteiger partial charge in [-0.05, 0) is 30.9 Å². The van der Waals surface area contributed by atoms with E-state index in [1.165, 1.54) is 24.0 Å². The van der Waals surface area contributed by atoms with Crippen LogP contribution in [0, 0.1) is 0 Å². The summed E-state index contributed by atoms with van der Waals surface area (Å²) in [4.78, 5) is 4.62. The Morgan fingerprint density at radius 2 is 2.16 bits per heavy atom. The fraction of sp³-hybridized carbons (Fsp3) is 0.533. The van der Waals surface area contributed by atoms with E-state index in [4.69, 9.17) is 4.74 Å². The average Bonchev–Trinajstić information content (AvgIpc) is 3.21. The van der Waals surface area contributed by atoms with Crippen LogP contribution in [0.5, 0.6) is 0 Å². The molecule has 104 valence electrons. The third-order valence-electron chi connectivity index (χ3n) is 2.98. The van der Waals surface area contributed by atoms with Crippen molar-refractivity contribution in [1.82, 2.24) is 10.6 Å². The first-order valence-corrected chi connectivity index (χ1v) is 6.93. The van der Waals surface area contributed by atoms with Crippen LogP contribution in [-0.2, 0) is 17.9 Å². The molecule has 1 aliphatic carbocycles. The number of rotatable bonds is 6. The van der Waals surface area contributed by atoms with Crippen molar-refractivity contribution in [1.29, 1.82) is 0 Å². The molecule has 0 amide bonds. The van der Waals surface area contributed by atoms with Gasteiger partial charge in [0.25, 0.3) is 0 Å². The predicted molar refractivity (Wildman–Crippen MR) is 78.1 cm³/mol. The van der Waals surface area contributed by atoms with Crippen LogP contribution in [-0.4, -0.2) is 25.7 Å². The largest absolute Gasteiger partial charge is 0.380 e. The van der Waals surface area contributed by atoms with E-state index in [9.17, 15) is 0 Å². The van der Waals surface area contributed by atoms with Gasteiger partial charge in [0.1, 0.15) is 0 Å². The maximum Gasteiger partial charge on any atom is 0.191 e. The number of ether oxygens (including phenoxy) is 1. The number of methoxy groups -OCH3 is 1. The minimum Gasteiger partial charge on any atom is -0.380 e. The minimum absolute atomic E-state index is 0.623. The highest BCUT2D eigenvalue weighted by atomic mass is 16.5. The zero-order valence-corrected chi connectivity index (χ0v) is 11.8. The van der Waals surface area contributed by atoms with Crippen LogP contribution in [0.3, 0.4) is 0 Å². The van der Waals surface area contributed by atoms with E-state index in [-0.39, 0.29) is 0 Å². The highest BCUT2D eigenvalue weighted by Crippen LogP contribution is 2.18. The van der Waals surface area contributed by atoms with Crippen molar-refractivity contribution < 1.29 is 4.74 Å². The van der Waals surface area contributed by atoms with Crippen LogP contribution in [0.15, 0.2) is 29.3 Å². The highest BCUT2D eigenvalue weighted by molar-refractivity contribution is 5.80. The molecule has 0 aromatic heterocycles. The number of nitrogens with zero attached hydrogens (tertiary/aromatic N) is 1. The van der Waals surface area contributed by atoms with Crippen molar-refractivity contribution in [3.8, 4) is 0 Å². The van der Waals surface area contributed by atoms with Gasteiger partial charge in [-0.2, -0.15) is 0 Å². The number of benzene rings is 1. The fourth-order valence-electron chi connectivity index (χ4n) is 1.90. The Balaban J connectivity index is 1.95. The lowest BCUT2D eigenvalue weighted by Crippen LogP contribution is -2.38. The first-order valence-electron chi connectivity index (χ1n) is 6.93. The number of nitrogens with one attached hydrogen (secondary N) is 2. The van der Waals surface area contributed by atoms with Crippen molar-refractivity contribution in [3.05, 3.63) is 35.4 Å². The molecule has 19 heavy (non-hydrogen) atoms. The molecule has 1 aromatic rings. The molecule has 4 nitrogen and oxygen atoms in total. The summed E-state index contributed by atoms with van der Waals surface area (Å²) in [6.45, 7) is 4.32. The number of guanidine groups is 1. The Bertz CT molecular complexity index is 427. The molecule has 2 N–H and O–H groups in total. The van der Waals surface area contributed by atoms with Gasteiger partial charge in [0.2, 0.25) is 0 Å². The zero-order valence-electron chi connectivity index (χ0n) is 11.8. The van der Waals surface area contributed by atoms with Crippen molar-refractivity contribution in [2.24, 2.45) is 4.99 Å². The number of hydrogen-bond acceptors (Lipinski definition) is 2. The summed E-state index contributed by atoms with van der Waals surface area (Å²) < 4.78 is 5.15. The first-order chi connectivity index (χ1) is 9.31. The van der Waals surface area contributed by atoms with Crippen LogP contribution < -0.4 is 10.6 Å². The van der Waals surface area contributed by atoms with E-state index in [1.807, 2.05) is 0 Å². The van der Waals surface area contributed by atoms with E-state index in [0.29, 0.717) is 19.2 Å². The van der Waals surface area contributed by atoms with E-state index >= 15 is 0 Å². The van der Waals surface area contributed by atoms with Gasteiger partial charge in [-0.25, -0.2) is 4.99 Å². The van der Waals surface area contributed by atoms with Crippen molar-refractivity contribution >= 4 is 5.96 Å². The summed E-state index contributed by atoms with van der Waals surface area (Å²) in [5.74, 6) is 0.919. The molecular weight excluding hydrogens is 238 g/mol. The van der Waals surface area contributed by atoms with Gasteiger partial charge in [0, 0.05) is 19.7 Å². The van der Waals surface area contributed by atoms with Gasteiger partial charge in [0.15, 0.2) is 5.96 Å². The maximum atomic E-state index is 5.15. The maximum absolute atomic E-state index is 5.15. The summed E-state index contributed by atoms with van der Waals surface area (Å²) in [5, 5.41) is 6.69. The Labute approximate surface area is 115 Å². The Morgan fingerprint density at radius 3 is 2.84 bits per heavy atom. The fourth-order valence-corrected chi connectivity index (χ4v) is 1.90. The molecule has 0 heterocycles. The van der Waals surface area contributed by atoms with Gasteiger partial charge < -0.3 is 15.4 Å². The molecule has 1 aliphatic rings. The van der Waals surface area contributed by atoms with Crippen LogP contribution in [0.25, 0.3) is 0 Å². The Kier molecular flexibility index (Phi) is 5.21. The van der Waals surface area contributed by atoms with E-state index in [1.54, 1.807) is 7.11 Å². The molecule has 0 saturated heterocycles. The van der Waals surface area contributed by atoms with E-state index < -0.39 is 0 Å². The molecule has 0 spiro atoms. The average molecular weight is 261 g/mol. The zero-order chi connectivity index (χ0) is 13.5. The highest BCUT2D eigenvalue weighted by Gasteiger charge is 2.21. The van der Waals surface area contributed by atoms with E-state index in [2.05, 4.69) is 46.8 Å². The molecule has 0 atom stereocenters. The topological polar surface area (TPSA) is 45.7 Å². The molecule has 2 rings (SSSR count). The summed E-state index contributed by atoms with van der Waals surface area (Å²) in [6, 6.07) is 9.00. The predicted octanol–water partition coefficient (Wildman–Crippen LogP) is 2.05. The molecule has 0 radical (unpaired) electrons. The lowest BCUT2D eigenvalue weighted by molar-refractivity contribution is 0.185. The Hall–Kier alpha value is -1.55. The standard InChI is InChI=1S/C15H23N3O/c1-3-16-15(18-14-7-8-14)17-10-12-5-4-6-13(9-12)11-19-2/h4-6,9,14H,3,7-8,10-11H2,1-2H3,(H2,16,17,18). The molecule has 4 heteroatoms. The second kappa shape index (κ2) is 7.14. The first kappa shape index (κ1) is 13.9. The van der Waals surface area contributed by atoms with Crippen molar-refractivity contribution in [3.63, 3.8) is 0 Å². The molecule has 0 unspecified atom stereocenters. The summed E-state index contributed by atoms with van der Waals surface area (Å²) in [7, 11) is 1.72. The van der Waals surface area contributed by atoms with Crippen molar-refractivity contribution in [2.45, 2.75) is 39.0 Å². The summed E-state index contributed by atoms with van der Waals surface area (Å²) in [6.07, 6.45) is 2.52. The third kappa shape index (κ3) is 4.91. The van der Waals surface area contributed by atoms with Gasteiger partial charge in [-0.1, -0.05) is 24.3 Å². The SMILES string of the molecule is CCNC(=NCc1cccc(COC)c1)NC1CC1. The van der Waals surface area contributed by atoms with E-state index in [0.717, 1.165) is 12.5 Å². The van der Waals surface area contributed by atoms with Gasteiger partial charge in [0.05, 0.1) is 13.2 Å². The number of aliphatic imine (C=N–C) groups is 1. The van der Waals surface area contributed by atoms with Gasteiger partial charge >= 0.3 is 0 Å². The van der Waals surface area contributed by atoms with Gasteiger partial charge in [-0.15, -0.1) is 0 Å². The second-order valence-electron chi connectivity index (χ2n) is 4.87. The van der Waals surface area contributed by atoms with Crippen LogP contribution in [0.2, 0.25) is 0 Å². The lowest BCUT2D eigenvalue weighted by atomic mass is 10.1. The van der Waals surface area contributed by atoms with Crippen molar-refractivity contribution in [2.75, 3.05) is 13.7 Å². The molecule has 1 fully saturated rings. The van der Waals surface area contributed by atoms with Crippen LogP contribution in [0.1, 0.15) is 30.9 Å².